The summed E-state index contributed by atoms with van der Waals surface area (Å²) in [6, 6.07) is 12.0. The Morgan fingerprint density at radius 1 is 1.00 bits per heavy atom. The lowest BCUT2D eigenvalue weighted by Crippen LogP contribution is -2.48. The molecule has 1 fully saturated rings. The maximum atomic E-state index is 13.8. The number of methoxy groups -OCH3 is 1. The molecule has 1 amide bonds. The summed E-state index contributed by atoms with van der Waals surface area (Å²) in [7, 11) is 1.63. The SMILES string of the molecule is COc1ccc(N2CCN(C(=O)c3cn(C(C)=O)c4ccc(F)cc34)CC2)cc1. The monoisotopic (exact) mass is 395 g/mol. The Bertz CT molecular complexity index is 1070. The first kappa shape index (κ1) is 19.0. The van der Waals surface area contributed by atoms with Crippen LogP contribution in [0, 0.1) is 5.82 Å². The second-order valence-electron chi connectivity index (χ2n) is 7.07. The van der Waals surface area contributed by atoms with Crippen LogP contribution in [-0.2, 0) is 0 Å². The van der Waals surface area contributed by atoms with E-state index < -0.39 is 5.82 Å². The van der Waals surface area contributed by atoms with Gasteiger partial charge in [-0.15, -0.1) is 0 Å². The van der Waals surface area contributed by atoms with Gasteiger partial charge >= 0.3 is 0 Å². The van der Waals surface area contributed by atoms with E-state index in [4.69, 9.17) is 4.74 Å². The number of hydrogen-bond donors (Lipinski definition) is 0. The average molecular weight is 395 g/mol. The van der Waals surface area contributed by atoms with Crippen molar-refractivity contribution in [2.24, 2.45) is 0 Å². The van der Waals surface area contributed by atoms with Crippen molar-refractivity contribution in [1.82, 2.24) is 9.47 Å². The molecule has 0 spiro atoms. The molecule has 0 atom stereocenters. The van der Waals surface area contributed by atoms with Gasteiger partial charge in [-0.1, -0.05) is 0 Å². The lowest BCUT2D eigenvalue weighted by molar-refractivity contribution is 0.0748. The molecular formula is C22H22FN3O3. The quantitative estimate of drug-likeness (QED) is 0.682. The van der Waals surface area contributed by atoms with Crippen molar-refractivity contribution in [2.75, 3.05) is 38.2 Å². The molecule has 0 bridgehead atoms. The zero-order chi connectivity index (χ0) is 20.5. The van der Waals surface area contributed by atoms with E-state index >= 15 is 0 Å². The van der Waals surface area contributed by atoms with Crippen LogP contribution in [0.25, 0.3) is 10.9 Å². The molecule has 2 heterocycles. The molecule has 4 rings (SSSR count). The molecule has 6 nitrogen and oxygen atoms in total. The van der Waals surface area contributed by atoms with Gasteiger partial charge in [0.2, 0.25) is 5.91 Å². The molecule has 0 saturated carbocycles. The Morgan fingerprint density at radius 2 is 1.69 bits per heavy atom. The zero-order valence-corrected chi connectivity index (χ0v) is 16.4. The minimum atomic E-state index is -0.433. The number of hydrogen-bond acceptors (Lipinski definition) is 4. The van der Waals surface area contributed by atoms with Crippen LogP contribution in [0.5, 0.6) is 5.75 Å². The molecule has 1 saturated heterocycles. The number of fused-ring (bicyclic) bond motifs is 1. The Kier molecular flexibility index (Phi) is 4.96. The molecule has 1 aromatic heterocycles. The smallest absolute Gasteiger partial charge is 0.256 e. The van der Waals surface area contributed by atoms with E-state index in [1.807, 2.05) is 24.3 Å². The van der Waals surface area contributed by atoms with E-state index in [1.165, 1.54) is 35.9 Å². The number of rotatable bonds is 3. The first-order chi connectivity index (χ1) is 14.0. The maximum absolute atomic E-state index is 13.8. The Balaban J connectivity index is 1.54. The highest BCUT2D eigenvalue weighted by atomic mass is 19.1. The number of nitrogens with zero attached hydrogens (tertiary/aromatic N) is 3. The number of anilines is 1. The van der Waals surface area contributed by atoms with Gasteiger partial charge in [0.15, 0.2) is 0 Å². The first-order valence-electron chi connectivity index (χ1n) is 9.48. The first-order valence-corrected chi connectivity index (χ1v) is 9.48. The Hall–Kier alpha value is -3.35. The predicted molar refractivity (Wildman–Crippen MR) is 109 cm³/mol. The van der Waals surface area contributed by atoms with Gasteiger partial charge in [-0.25, -0.2) is 4.39 Å². The van der Waals surface area contributed by atoms with Crippen LogP contribution in [0.2, 0.25) is 0 Å². The topological polar surface area (TPSA) is 54.8 Å². The van der Waals surface area contributed by atoms with E-state index in [1.54, 1.807) is 12.0 Å². The van der Waals surface area contributed by atoms with Crippen molar-refractivity contribution < 1.29 is 18.7 Å². The van der Waals surface area contributed by atoms with Gasteiger partial charge in [-0.2, -0.15) is 0 Å². The molecular weight excluding hydrogens is 373 g/mol. The van der Waals surface area contributed by atoms with Crippen LogP contribution in [-0.4, -0.2) is 54.6 Å². The van der Waals surface area contributed by atoms with Crippen molar-refractivity contribution in [3.63, 3.8) is 0 Å². The number of halogens is 1. The number of benzene rings is 2. The molecule has 0 radical (unpaired) electrons. The van der Waals surface area contributed by atoms with Gasteiger partial charge in [0, 0.05) is 50.4 Å². The molecule has 0 N–H and O–H groups in total. The standard InChI is InChI=1S/C22H22FN3O3/c1-15(27)26-14-20(19-13-16(23)3-8-21(19)26)22(28)25-11-9-24(10-12-25)17-4-6-18(29-2)7-5-17/h3-8,13-14H,9-12H2,1-2H3. The molecule has 0 aliphatic carbocycles. The number of aromatic nitrogens is 1. The van der Waals surface area contributed by atoms with Crippen LogP contribution in [0.4, 0.5) is 10.1 Å². The second kappa shape index (κ2) is 7.58. The van der Waals surface area contributed by atoms with Gasteiger partial charge in [-0.3, -0.25) is 14.2 Å². The van der Waals surface area contributed by atoms with Gasteiger partial charge in [0.05, 0.1) is 18.2 Å². The molecule has 1 aliphatic rings. The van der Waals surface area contributed by atoms with Crippen LogP contribution < -0.4 is 9.64 Å². The third-order valence-electron chi connectivity index (χ3n) is 5.34. The van der Waals surface area contributed by atoms with Crippen LogP contribution in [0.3, 0.4) is 0 Å². The summed E-state index contributed by atoms with van der Waals surface area (Å²) in [5.41, 5.74) is 1.97. The predicted octanol–water partition coefficient (Wildman–Crippen LogP) is 3.41. The highest BCUT2D eigenvalue weighted by Crippen LogP contribution is 2.25. The van der Waals surface area contributed by atoms with Crippen LogP contribution >= 0.6 is 0 Å². The maximum Gasteiger partial charge on any atom is 0.256 e. The van der Waals surface area contributed by atoms with Gasteiger partial charge in [0.1, 0.15) is 11.6 Å². The average Bonchev–Trinajstić information content (AvgIpc) is 3.12. The number of piperazine rings is 1. The van der Waals surface area contributed by atoms with E-state index in [-0.39, 0.29) is 11.8 Å². The number of carbonyl (C=O) groups is 2. The molecule has 0 unspecified atom stereocenters. The lowest BCUT2D eigenvalue weighted by Gasteiger charge is -2.36. The van der Waals surface area contributed by atoms with Gasteiger partial charge < -0.3 is 14.5 Å². The Morgan fingerprint density at radius 3 is 2.31 bits per heavy atom. The van der Waals surface area contributed by atoms with E-state index in [9.17, 15) is 14.0 Å². The molecule has 150 valence electrons. The minimum Gasteiger partial charge on any atom is -0.497 e. The molecule has 1 aliphatic heterocycles. The summed E-state index contributed by atoms with van der Waals surface area (Å²) >= 11 is 0. The molecule has 3 aromatic rings. The summed E-state index contributed by atoms with van der Waals surface area (Å²) in [5, 5.41) is 0.461. The third-order valence-corrected chi connectivity index (χ3v) is 5.34. The lowest BCUT2D eigenvalue weighted by atomic mass is 10.1. The summed E-state index contributed by atoms with van der Waals surface area (Å²) < 4.78 is 20.4. The summed E-state index contributed by atoms with van der Waals surface area (Å²) in [4.78, 5) is 29.0. The van der Waals surface area contributed by atoms with Crippen molar-refractivity contribution in [3.05, 3.63) is 60.0 Å². The van der Waals surface area contributed by atoms with Crippen molar-refractivity contribution in [2.45, 2.75) is 6.92 Å². The van der Waals surface area contributed by atoms with Crippen LogP contribution in [0.15, 0.2) is 48.7 Å². The van der Waals surface area contributed by atoms with Gasteiger partial charge in [0.25, 0.3) is 5.91 Å². The highest BCUT2D eigenvalue weighted by molar-refractivity contribution is 6.09. The second-order valence-corrected chi connectivity index (χ2v) is 7.07. The fraction of sp³-hybridized carbons (Fsp3) is 0.273. The zero-order valence-electron chi connectivity index (χ0n) is 16.4. The fourth-order valence-corrected chi connectivity index (χ4v) is 3.76. The molecule has 29 heavy (non-hydrogen) atoms. The van der Waals surface area contributed by atoms with E-state index in [2.05, 4.69) is 4.90 Å². The number of carbonyl (C=O) groups excluding carboxylic acids is 2. The minimum absolute atomic E-state index is 0.185. The highest BCUT2D eigenvalue weighted by Gasteiger charge is 2.26. The normalized spacial score (nSPS) is 14.3. The fourth-order valence-electron chi connectivity index (χ4n) is 3.76. The van der Waals surface area contributed by atoms with Gasteiger partial charge in [-0.05, 0) is 42.5 Å². The van der Waals surface area contributed by atoms with Crippen LogP contribution in [0.1, 0.15) is 22.1 Å². The third kappa shape index (κ3) is 3.55. The summed E-state index contributed by atoms with van der Waals surface area (Å²) in [6.45, 7) is 3.90. The van der Waals surface area contributed by atoms with E-state index in [0.29, 0.717) is 42.6 Å². The molecule has 7 heteroatoms. The summed E-state index contributed by atoms with van der Waals surface area (Å²) in [6.07, 6.45) is 1.52. The largest absolute Gasteiger partial charge is 0.497 e. The number of ether oxygens (including phenoxy) is 1. The van der Waals surface area contributed by atoms with Crippen molar-refractivity contribution in [1.29, 1.82) is 0 Å². The van der Waals surface area contributed by atoms with E-state index in [0.717, 1.165) is 11.4 Å². The van der Waals surface area contributed by atoms with Crippen molar-refractivity contribution >= 4 is 28.4 Å². The number of amides is 1. The Labute approximate surface area is 168 Å². The van der Waals surface area contributed by atoms with Crippen molar-refractivity contribution in [3.8, 4) is 5.75 Å². The molecule has 2 aromatic carbocycles. The summed E-state index contributed by atoms with van der Waals surface area (Å²) in [5.74, 6) is -0.0335.